The van der Waals surface area contributed by atoms with Crippen LogP contribution in [0.1, 0.15) is 33.1 Å². The van der Waals surface area contributed by atoms with Crippen LogP contribution in [-0.2, 0) is 0 Å². The minimum absolute atomic E-state index is 0.328. The van der Waals surface area contributed by atoms with Crippen molar-refractivity contribution in [2.45, 2.75) is 39.2 Å². The van der Waals surface area contributed by atoms with Crippen molar-refractivity contribution in [3.05, 3.63) is 29.3 Å². The summed E-state index contributed by atoms with van der Waals surface area (Å²) in [6, 6.07) is 7.23. The molecule has 0 amide bonds. The summed E-state index contributed by atoms with van der Waals surface area (Å²) in [5.41, 5.74) is 0. The number of aliphatic hydroxyl groups excluding tert-OH is 1. The molecule has 0 aromatic heterocycles. The van der Waals surface area contributed by atoms with Crippen LogP contribution < -0.4 is 4.74 Å². The predicted molar refractivity (Wildman–Crippen MR) is 71.6 cm³/mol. The van der Waals surface area contributed by atoms with E-state index in [0.29, 0.717) is 23.3 Å². The Balaban J connectivity index is 2.30. The fourth-order valence-corrected chi connectivity index (χ4v) is 2.07. The molecule has 0 aliphatic carbocycles. The van der Waals surface area contributed by atoms with Crippen LogP contribution in [0.5, 0.6) is 5.75 Å². The van der Waals surface area contributed by atoms with Crippen LogP contribution in [0, 0.1) is 5.92 Å². The van der Waals surface area contributed by atoms with E-state index in [1.165, 1.54) is 0 Å². The Kier molecular flexibility index (Phi) is 6.38. The highest BCUT2D eigenvalue weighted by Gasteiger charge is 2.10. The molecule has 0 bridgehead atoms. The third-order valence-electron chi connectivity index (χ3n) is 2.69. The van der Waals surface area contributed by atoms with Crippen molar-refractivity contribution in [3.8, 4) is 5.75 Å². The van der Waals surface area contributed by atoms with Crippen LogP contribution >= 0.6 is 11.6 Å². The molecule has 1 aromatic rings. The highest BCUT2D eigenvalue weighted by molar-refractivity contribution is 6.30. The third kappa shape index (κ3) is 5.94. The van der Waals surface area contributed by atoms with Gasteiger partial charge in [0.2, 0.25) is 0 Å². The summed E-state index contributed by atoms with van der Waals surface area (Å²) in [7, 11) is 0. The molecule has 2 atom stereocenters. The van der Waals surface area contributed by atoms with E-state index in [2.05, 4.69) is 13.8 Å². The maximum atomic E-state index is 9.82. The van der Waals surface area contributed by atoms with E-state index < -0.39 is 6.10 Å². The van der Waals surface area contributed by atoms with Gasteiger partial charge in [-0.3, -0.25) is 0 Å². The van der Waals surface area contributed by atoms with Gasteiger partial charge in [0.25, 0.3) is 0 Å². The molecule has 0 fully saturated rings. The monoisotopic (exact) mass is 256 g/mol. The average Bonchev–Trinajstić information content (AvgIpc) is 2.27. The van der Waals surface area contributed by atoms with Crippen LogP contribution in [0.3, 0.4) is 0 Å². The Morgan fingerprint density at radius 1 is 1.41 bits per heavy atom. The first kappa shape index (κ1) is 14.3. The summed E-state index contributed by atoms with van der Waals surface area (Å²) >= 11 is 5.84. The lowest BCUT2D eigenvalue weighted by molar-refractivity contribution is 0.0858. The first-order chi connectivity index (χ1) is 8.11. The van der Waals surface area contributed by atoms with E-state index >= 15 is 0 Å². The predicted octanol–water partition coefficient (Wildman–Crippen LogP) is 3.91. The van der Waals surface area contributed by atoms with E-state index in [0.717, 1.165) is 19.3 Å². The summed E-state index contributed by atoms with van der Waals surface area (Å²) < 4.78 is 5.49. The Morgan fingerprint density at radius 3 is 2.82 bits per heavy atom. The topological polar surface area (TPSA) is 29.5 Å². The first-order valence-corrected chi connectivity index (χ1v) is 6.56. The van der Waals surface area contributed by atoms with E-state index in [1.807, 2.05) is 12.1 Å². The molecular weight excluding hydrogens is 236 g/mol. The van der Waals surface area contributed by atoms with Gasteiger partial charge in [-0.05, 0) is 30.5 Å². The van der Waals surface area contributed by atoms with Gasteiger partial charge in [0.1, 0.15) is 12.4 Å². The summed E-state index contributed by atoms with van der Waals surface area (Å²) in [5.74, 6) is 1.25. The summed E-state index contributed by atoms with van der Waals surface area (Å²) in [6.07, 6.45) is 2.68. The van der Waals surface area contributed by atoms with Crippen LogP contribution in [0.25, 0.3) is 0 Å². The van der Waals surface area contributed by atoms with Gasteiger partial charge >= 0.3 is 0 Å². The average molecular weight is 257 g/mol. The lowest BCUT2D eigenvalue weighted by atomic mass is 9.99. The Bertz CT molecular complexity index is 328. The van der Waals surface area contributed by atoms with Crippen molar-refractivity contribution in [3.63, 3.8) is 0 Å². The van der Waals surface area contributed by atoms with Crippen LogP contribution in [0.4, 0.5) is 0 Å². The summed E-state index contributed by atoms with van der Waals surface area (Å²) in [5, 5.41) is 10.5. The number of hydrogen-bond donors (Lipinski definition) is 1. The lowest BCUT2D eigenvalue weighted by Crippen LogP contribution is -2.20. The van der Waals surface area contributed by atoms with E-state index in [1.54, 1.807) is 12.1 Å². The number of benzene rings is 1. The molecule has 0 heterocycles. The number of ether oxygens (including phenoxy) is 1. The number of rotatable bonds is 7. The molecule has 0 spiro atoms. The largest absolute Gasteiger partial charge is 0.491 e. The molecule has 1 rings (SSSR count). The Morgan fingerprint density at radius 2 is 2.18 bits per heavy atom. The van der Waals surface area contributed by atoms with E-state index in [4.69, 9.17) is 16.3 Å². The zero-order chi connectivity index (χ0) is 12.7. The third-order valence-corrected chi connectivity index (χ3v) is 2.93. The van der Waals surface area contributed by atoms with Gasteiger partial charge in [-0.1, -0.05) is 44.4 Å². The summed E-state index contributed by atoms with van der Waals surface area (Å²) in [4.78, 5) is 0. The molecule has 3 heteroatoms. The number of hydrogen-bond acceptors (Lipinski definition) is 2. The van der Waals surface area contributed by atoms with Crippen LogP contribution in [0.2, 0.25) is 5.02 Å². The molecule has 0 saturated heterocycles. The second-order valence-electron chi connectivity index (χ2n) is 4.55. The highest BCUT2D eigenvalue weighted by atomic mass is 35.5. The fraction of sp³-hybridized carbons (Fsp3) is 0.571. The van der Waals surface area contributed by atoms with E-state index in [-0.39, 0.29) is 0 Å². The van der Waals surface area contributed by atoms with Gasteiger partial charge in [0, 0.05) is 5.02 Å². The van der Waals surface area contributed by atoms with Gasteiger partial charge in [-0.2, -0.15) is 0 Å². The molecule has 2 nitrogen and oxygen atoms in total. The van der Waals surface area contributed by atoms with Crippen molar-refractivity contribution >= 4 is 11.6 Å². The molecule has 0 saturated carbocycles. The number of aliphatic hydroxyl groups is 1. The molecular formula is C14H21ClO2. The van der Waals surface area contributed by atoms with Crippen molar-refractivity contribution in [1.82, 2.24) is 0 Å². The van der Waals surface area contributed by atoms with E-state index in [9.17, 15) is 5.11 Å². The quantitative estimate of drug-likeness (QED) is 0.802. The smallest absolute Gasteiger partial charge is 0.120 e. The standard InChI is InChI=1S/C14H21ClO2/c1-3-5-11(2)8-13(16)10-17-14-7-4-6-12(15)9-14/h4,6-7,9,11,13,16H,3,5,8,10H2,1-2H3. The molecule has 17 heavy (non-hydrogen) atoms. The SMILES string of the molecule is CCCC(C)CC(O)COc1cccc(Cl)c1. The minimum atomic E-state index is -0.407. The Hall–Kier alpha value is -0.730. The molecule has 96 valence electrons. The molecule has 1 N–H and O–H groups in total. The van der Waals surface area contributed by atoms with Gasteiger partial charge in [-0.25, -0.2) is 0 Å². The van der Waals surface area contributed by atoms with Gasteiger partial charge in [0.15, 0.2) is 0 Å². The van der Waals surface area contributed by atoms with Gasteiger partial charge in [-0.15, -0.1) is 0 Å². The maximum Gasteiger partial charge on any atom is 0.120 e. The molecule has 0 aliphatic heterocycles. The van der Waals surface area contributed by atoms with Gasteiger partial charge in [0.05, 0.1) is 6.10 Å². The molecule has 2 unspecified atom stereocenters. The van der Waals surface area contributed by atoms with Crippen molar-refractivity contribution in [1.29, 1.82) is 0 Å². The molecule has 0 aliphatic rings. The fourth-order valence-electron chi connectivity index (χ4n) is 1.89. The van der Waals surface area contributed by atoms with Crippen molar-refractivity contribution < 1.29 is 9.84 Å². The van der Waals surface area contributed by atoms with Crippen LogP contribution in [0.15, 0.2) is 24.3 Å². The lowest BCUT2D eigenvalue weighted by Gasteiger charge is -2.16. The first-order valence-electron chi connectivity index (χ1n) is 6.18. The second-order valence-corrected chi connectivity index (χ2v) is 4.99. The zero-order valence-electron chi connectivity index (χ0n) is 10.5. The second kappa shape index (κ2) is 7.57. The Labute approximate surface area is 109 Å². The molecule has 0 radical (unpaired) electrons. The van der Waals surface area contributed by atoms with Crippen molar-refractivity contribution in [2.75, 3.05) is 6.61 Å². The minimum Gasteiger partial charge on any atom is -0.491 e. The highest BCUT2D eigenvalue weighted by Crippen LogP contribution is 2.18. The summed E-state index contributed by atoms with van der Waals surface area (Å²) in [6.45, 7) is 4.64. The zero-order valence-corrected chi connectivity index (χ0v) is 11.3. The van der Waals surface area contributed by atoms with Crippen molar-refractivity contribution in [2.24, 2.45) is 5.92 Å². The van der Waals surface area contributed by atoms with Crippen LogP contribution in [-0.4, -0.2) is 17.8 Å². The molecule has 1 aromatic carbocycles. The normalized spacial score (nSPS) is 14.4. The van der Waals surface area contributed by atoms with Gasteiger partial charge < -0.3 is 9.84 Å². The maximum absolute atomic E-state index is 9.82. The number of halogens is 1.